The first-order valence-electron chi connectivity index (χ1n) is 7.23. The van der Waals surface area contributed by atoms with Crippen molar-refractivity contribution in [3.8, 4) is 0 Å². The smallest absolute Gasteiger partial charge is 0.330 e. The zero-order valence-electron chi connectivity index (χ0n) is 12.3. The number of hydrogen-bond acceptors (Lipinski definition) is 5. The van der Waals surface area contributed by atoms with Gasteiger partial charge in [-0.2, -0.15) is 11.8 Å². The minimum absolute atomic E-state index is 0.168. The first-order chi connectivity index (χ1) is 9.65. The van der Waals surface area contributed by atoms with E-state index in [-0.39, 0.29) is 17.2 Å². The van der Waals surface area contributed by atoms with E-state index in [4.69, 9.17) is 4.74 Å². The fourth-order valence-corrected chi connectivity index (χ4v) is 3.74. The molecule has 0 spiro atoms. The van der Waals surface area contributed by atoms with Crippen molar-refractivity contribution in [2.75, 3.05) is 13.7 Å². The summed E-state index contributed by atoms with van der Waals surface area (Å²) in [6, 6.07) is 0. The number of rotatable bonds is 8. The molecule has 1 atom stereocenters. The fourth-order valence-electron chi connectivity index (χ4n) is 2.22. The van der Waals surface area contributed by atoms with Crippen molar-refractivity contribution in [2.24, 2.45) is 0 Å². The highest BCUT2D eigenvalue weighted by molar-refractivity contribution is 8.00. The van der Waals surface area contributed by atoms with Crippen LogP contribution in [0.25, 0.3) is 0 Å². The van der Waals surface area contributed by atoms with Gasteiger partial charge in [0.1, 0.15) is 0 Å². The first kappa shape index (κ1) is 17.1. The number of hydrogen-bond donors (Lipinski definition) is 0. The predicted octanol–water partition coefficient (Wildman–Crippen LogP) is 3.10. The third kappa shape index (κ3) is 6.98. The van der Waals surface area contributed by atoms with Crippen molar-refractivity contribution >= 4 is 23.7 Å². The van der Waals surface area contributed by atoms with Gasteiger partial charge in [0.05, 0.1) is 13.7 Å². The molecule has 0 aliphatic heterocycles. The van der Waals surface area contributed by atoms with E-state index in [9.17, 15) is 9.59 Å². The minimum atomic E-state index is -0.317. The Kier molecular flexibility index (Phi) is 8.42. The van der Waals surface area contributed by atoms with E-state index >= 15 is 0 Å². The Morgan fingerprint density at radius 1 is 1.35 bits per heavy atom. The second-order valence-corrected chi connectivity index (χ2v) is 6.35. The van der Waals surface area contributed by atoms with Crippen LogP contribution in [0.15, 0.2) is 12.2 Å². The lowest BCUT2D eigenvalue weighted by atomic mass is 10.2. The van der Waals surface area contributed by atoms with Crippen LogP contribution in [-0.2, 0) is 19.1 Å². The average molecular weight is 300 g/mol. The van der Waals surface area contributed by atoms with Crippen LogP contribution in [0.4, 0.5) is 0 Å². The van der Waals surface area contributed by atoms with E-state index < -0.39 is 0 Å². The number of carbonyl (C=O) groups excluding carboxylic acids is 2. The molecule has 5 heteroatoms. The largest absolute Gasteiger partial charge is 0.469 e. The maximum absolute atomic E-state index is 11.4. The SMILES string of the molecule is CCOC(=O)/C=C/[C@@H](CCC(=O)OC)SC1CCCC1. The molecule has 1 aliphatic rings. The van der Waals surface area contributed by atoms with Crippen LogP contribution in [0.2, 0.25) is 0 Å². The second-order valence-electron chi connectivity index (χ2n) is 4.81. The summed E-state index contributed by atoms with van der Waals surface area (Å²) in [4.78, 5) is 22.6. The van der Waals surface area contributed by atoms with Gasteiger partial charge < -0.3 is 9.47 Å². The van der Waals surface area contributed by atoms with E-state index in [1.807, 2.05) is 17.8 Å². The summed E-state index contributed by atoms with van der Waals surface area (Å²) < 4.78 is 9.55. The van der Waals surface area contributed by atoms with Gasteiger partial charge >= 0.3 is 11.9 Å². The standard InChI is InChI=1S/C15H24O4S/c1-3-19-15(17)11-9-13(8-10-14(16)18-2)20-12-6-4-5-7-12/h9,11-13H,3-8,10H2,1-2H3/b11-9+/t13-/m1/s1. The molecule has 0 aromatic heterocycles. The van der Waals surface area contributed by atoms with Crippen LogP contribution >= 0.6 is 11.8 Å². The maximum Gasteiger partial charge on any atom is 0.330 e. The van der Waals surface area contributed by atoms with E-state index in [1.54, 1.807) is 6.92 Å². The number of ether oxygens (including phenoxy) is 2. The lowest BCUT2D eigenvalue weighted by Crippen LogP contribution is -2.11. The highest BCUT2D eigenvalue weighted by atomic mass is 32.2. The third-order valence-electron chi connectivity index (χ3n) is 3.26. The zero-order chi connectivity index (χ0) is 14.8. The molecule has 0 radical (unpaired) electrons. The van der Waals surface area contributed by atoms with Crippen molar-refractivity contribution in [2.45, 2.75) is 55.9 Å². The summed E-state index contributed by atoms with van der Waals surface area (Å²) in [5.74, 6) is -0.519. The Balaban J connectivity index is 2.48. The molecular weight excluding hydrogens is 276 g/mol. The molecule has 114 valence electrons. The lowest BCUT2D eigenvalue weighted by Gasteiger charge is -2.16. The van der Waals surface area contributed by atoms with Crippen molar-refractivity contribution < 1.29 is 19.1 Å². The molecule has 20 heavy (non-hydrogen) atoms. The van der Waals surface area contributed by atoms with Gasteiger partial charge in [0.2, 0.25) is 0 Å². The molecule has 0 heterocycles. The van der Waals surface area contributed by atoms with E-state index in [2.05, 4.69) is 4.74 Å². The second kappa shape index (κ2) is 9.86. The minimum Gasteiger partial charge on any atom is -0.469 e. The molecule has 1 rings (SSSR count). The Bertz CT molecular complexity index is 335. The van der Waals surface area contributed by atoms with Crippen LogP contribution in [-0.4, -0.2) is 36.2 Å². The topological polar surface area (TPSA) is 52.6 Å². The lowest BCUT2D eigenvalue weighted by molar-refractivity contribution is -0.140. The van der Waals surface area contributed by atoms with Gasteiger partial charge in [-0.05, 0) is 26.2 Å². The highest BCUT2D eigenvalue weighted by Crippen LogP contribution is 2.34. The van der Waals surface area contributed by atoms with Gasteiger partial charge in [-0.15, -0.1) is 0 Å². The van der Waals surface area contributed by atoms with Crippen LogP contribution in [0.1, 0.15) is 45.4 Å². The highest BCUT2D eigenvalue weighted by Gasteiger charge is 2.20. The van der Waals surface area contributed by atoms with Crippen molar-refractivity contribution in [3.63, 3.8) is 0 Å². The summed E-state index contributed by atoms with van der Waals surface area (Å²) in [5, 5.41) is 0.811. The molecule has 0 N–H and O–H groups in total. The van der Waals surface area contributed by atoms with Crippen LogP contribution in [0, 0.1) is 0 Å². The quantitative estimate of drug-likeness (QED) is 0.509. The molecule has 1 aliphatic carbocycles. The molecule has 0 aromatic carbocycles. The molecule has 1 saturated carbocycles. The molecular formula is C15H24O4S. The first-order valence-corrected chi connectivity index (χ1v) is 8.17. The molecule has 0 saturated heterocycles. The Labute approximate surface area is 125 Å². The average Bonchev–Trinajstić information content (AvgIpc) is 2.94. The predicted molar refractivity (Wildman–Crippen MR) is 80.7 cm³/mol. The monoisotopic (exact) mass is 300 g/mol. The third-order valence-corrected chi connectivity index (χ3v) is 4.86. The van der Waals surface area contributed by atoms with Gasteiger partial charge in [0.25, 0.3) is 0 Å². The van der Waals surface area contributed by atoms with Crippen molar-refractivity contribution in [1.29, 1.82) is 0 Å². The van der Waals surface area contributed by atoms with Gasteiger partial charge in [-0.25, -0.2) is 4.79 Å². The molecule has 0 bridgehead atoms. The molecule has 1 fully saturated rings. The van der Waals surface area contributed by atoms with Gasteiger partial charge in [-0.3, -0.25) is 4.79 Å². The van der Waals surface area contributed by atoms with E-state index in [1.165, 1.54) is 38.9 Å². The van der Waals surface area contributed by atoms with E-state index in [0.717, 1.165) is 0 Å². The van der Waals surface area contributed by atoms with E-state index in [0.29, 0.717) is 24.7 Å². The molecule has 0 unspecified atom stereocenters. The normalized spacial score (nSPS) is 17.3. The summed E-state index contributed by atoms with van der Waals surface area (Å²) in [6.45, 7) is 2.17. The molecule has 4 nitrogen and oxygen atoms in total. The molecule has 0 aromatic rings. The number of esters is 2. The van der Waals surface area contributed by atoms with Crippen LogP contribution in [0.5, 0.6) is 0 Å². The Morgan fingerprint density at radius 3 is 2.65 bits per heavy atom. The van der Waals surface area contributed by atoms with Gasteiger partial charge in [-0.1, -0.05) is 18.9 Å². The fraction of sp³-hybridized carbons (Fsp3) is 0.733. The maximum atomic E-state index is 11.4. The number of thioether (sulfide) groups is 1. The summed E-state index contributed by atoms with van der Waals surface area (Å²) >= 11 is 1.86. The van der Waals surface area contributed by atoms with Crippen molar-refractivity contribution in [3.05, 3.63) is 12.2 Å². The van der Waals surface area contributed by atoms with Gasteiger partial charge in [0.15, 0.2) is 0 Å². The summed E-state index contributed by atoms with van der Waals surface area (Å²) in [7, 11) is 1.40. The number of methoxy groups -OCH3 is 1. The van der Waals surface area contributed by atoms with Gasteiger partial charge in [0, 0.05) is 23.0 Å². The van der Waals surface area contributed by atoms with Crippen LogP contribution in [0.3, 0.4) is 0 Å². The van der Waals surface area contributed by atoms with Crippen molar-refractivity contribution in [1.82, 2.24) is 0 Å². The Hall–Kier alpha value is -0.970. The zero-order valence-corrected chi connectivity index (χ0v) is 13.1. The Morgan fingerprint density at radius 2 is 2.05 bits per heavy atom. The number of carbonyl (C=O) groups is 2. The molecule has 0 amide bonds. The summed E-state index contributed by atoms with van der Waals surface area (Å²) in [6.07, 6.45) is 9.44. The van der Waals surface area contributed by atoms with Crippen LogP contribution < -0.4 is 0 Å². The summed E-state index contributed by atoms with van der Waals surface area (Å²) in [5.41, 5.74) is 0.